The molecule has 1 heterocycles. The van der Waals surface area contributed by atoms with E-state index in [0.29, 0.717) is 12.0 Å². The minimum Gasteiger partial charge on any atom is -0.378 e. The molecule has 0 N–H and O–H groups in total. The molecule has 5 nitrogen and oxygen atoms in total. The molecule has 0 aliphatic carbocycles. The number of unbranched alkanes of at least 4 members (excludes halogenated alkanes) is 1. The van der Waals surface area contributed by atoms with E-state index in [9.17, 15) is 0 Å². The van der Waals surface area contributed by atoms with Crippen LogP contribution in [0.3, 0.4) is 0 Å². The predicted molar refractivity (Wildman–Crippen MR) is 57.3 cm³/mol. The van der Waals surface area contributed by atoms with E-state index in [1.807, 2.05) is 0 Å². The number of ether oxygens (including phenoxy) is 1. The van der Waals surface area contributed by atoms with Crippen molar-refractivity contribution in [2.24, 2.45) is 5.92 Å². The van der Waals surface area contributed by atoms with Crippen molar-refractivity contribution in [2.45, 2.75) is 46.3 Å². The van der Waals surface area contributed by atoms with Gasteiger partial charge in [0, 0.05) is 6.61 Å². The van der Waals surface area contributed by atoms with Crippen molar-refractivity contribution in [3.63, 3.8) is 0 Å². The van der Waals surface area contributed by atoms with Gasteiger partial charge in [-0.3, -0.25) is 0 Å². The third kappa shape index (κ3) is 4.88. The number of hydrogen-bond donors (Lipinski definition) is 0. The molecule has 0 aliphatic rings. The fourth-order valence-corrected chi connectivity index (χ4v) is 1.11. The van der Waals surface area contributed by atoms with Crippen LogP contribution >= 0.6 is 0 Å². The molecule has 86 valence electrons. The zero-order chi connectivity index (χ0) is 11.1. The molecule has 0 aliphatic heterocycles. The average Bonchev–Trinajstić information content (AvgIpc) is 2.69. The quantitative estimate of drug-likeness (QED) is 0.643. The Kier molecular flexibility index (Phi) is 5.25. The van der Waals surface area contributed by atoms with Crippen LogP contribution in [0.15, 0.2) is 6.33 Å². The molecule has 0 saturated carbocycles. The van der Waals surface area contributed by atoms with Crippen LogP contribution in [-0.4, -0.2) is 32.9 Å². The van der Waals surface area contributed by atoms with E-state index in [0.717, 1.165) is 26.0 Å². The van der Waals surface area contributed by atoms with Crippen molar-refractivity contribution in [3.8, 4) is 0 Å². The second kappa shape index (κ2) is 6.50. The molecule has 0 fully saturated rings. The lowest BCUT2D eigenvalue weighted by Gasteiger charge is -2.16. The number of tetrazole rings is 1. The van der Waals surface area contributed by atoms with Crippen LogP contribution in [0.1, 0.15) is 33.6 Å². The highest BCUT2D eigenvalue weighted by molar-refractivity contribution is 4.54. The second-order valence-electron chi connectivity index (χ2n) is 4.06. The van der Waals surface area contributed by atoms with Gasteiger partial charge in [0.2, 0.25) is 0 Å². The highest BCUT2D eigenvalue weighted by Crippen LogP contribution is 2.06. The highest BCUT2D eigenvalue weighted by Gasteiger charge is 2.06. The SMILES string of the molecule is CC(C)[C@@H](C)OCCCCn1ncnn1. The molecule has 1 aromatic rings. The van der Waals surface area contributed by atoms with Gasteiger partial charge in [-0.25, -0.2) is 0 Å². The van der Waals surface area contributed by atoms with Crippen molar-refractivity contribution in [1.82, 2.24) is 20.2 Å². The Hall–Kier alpha value is -0.970. The molecule has 0 radical (unpaired) electrons. The summed E-state index contributed by atoms with van der Waals surface area (Å²) in [6.45, 7) is 8.09. The van der Waals surface area contributed by atoms with E-state index in [2.05, 4.69) is 36.2 Å². The van der Waals surface area contributed by atoms with Gasteiger partial charge in [-0.2, -0.15) is 4.80 Å². The third-order valence-corrected chi connectivity index (χ3v) is 2.46. The van der Waals surface area contributed by atoms with E-state index in [-0.39, 0.29) is 0 Å². The average molecular weight is 212 g/mol. The first-order valence-electron chi connectivity index (χ1n) is 5.52. The first-order chi connectivity index (χ1) is 7.20. The van der Waals surface area contributed by atoms with Crippen molar-refractivity contribution in [3.05, 3.63) is 6.33 Å². The lowest BCUT2D eigenvalue weighted by Crippen LogP contribution is -2.16. The lowest BCUT2D eigenvalue weighted by molar-refractivity contribution is 0.0328. The zero-order valence-corrected chi connectivity index (χ0v) is 9.76. The molecule has 0 aromatic carbocycles. The molecule has 0 unspecified atom stereocenters. The standard InChI is InChI=1S/C10H20N4O/c1-9(2)10(3)15-7-5-4-6-14-12-8-11-13-14/h8-10H,4-7H2,1-3H3/t10-/m1/s1. The monoisotopic (exact) mass is 212 g/mol. The van der Waals surface area contributed by atoms with Crippen molar-refractivity contribution in [1.29, 1.82) is 0 Å². The Morgan fingerprint density at radius 2 is 2.07 bits per heavy atom. The normalized spacial score (nSPS) is 13.3. The first-order valence-corrected chi connectivity index (χ1v) is 5.52. The van der Waals surface area contributed by atoms with Crippen LogP contribution in [0.5, 0.6) is 0 Å². The summed E-state index contributed by atoms with van der Waals surface area (Å²) >= 11 is 0. The summed E-state index contributed by atoms with van der Waals surface area (Å²) in [6, 6.07) is 0. The molecule has 0 spiro atoms. The van der Waals surface area contributed by atoms with Gasteiger partial charge in [0.15, 0.2) is 6.33 Å². The number of aromatic nitrogens is 4. The van der Waals surface area contributed by atoms with E-state index in [1.165, 1.54) is 6.33 Å². The van der Waals surface area contributed by atoms with Gasteiger partial charge < -0.3 is 4.74 Å². The van der Waals surface area contributed by atoms with Crippen LogP contribution < -0.4 is 0 Å². The Morgan fingerprint density at radius 1 is 1.27 bits per heavy atom. The van der Waals surface area contributed by atoms with Crippen LogP contribution in [0.4, 0.5) is 0 Å². The number of rotatable bonds is 7. The summed E-state index contributed by atoms with van der Waals surface area (Å²) in [7, 11) is 0. The predicted octanol–water partition coefficient (Wildman–Crippen LogP) is 1.51. The highest BCUT2D eigenvalue weighted by atomic mass is 16.5. The first kappa shape index (κ1) is 12.1. The minimum atomic E-state index is 0.342. The lowest BCUT2D eigenvalue weighted by atomic mass is 10.1. The van der Waals surface area contributed by atoms with E-state index in [1.54, 1.807) is 4.80 Å². The van der Waals surface area contributed by atoms with Gasteiger partial charge in [-0.15, -0.1) is 10.2 Å². The fraction of sp³-hybridized carbons (Fsp3) is 0.900. The Bertz CT molecular complexity index is 248. The van der Waals surface area contributed by atoms with E-state index in [4.69, 9.17) is 4.74 Å². The van der Waals surface area contributed by atoms with Crippen molar-refractivity contribution < 1.29 is 4.74 Å². The van der Waals surface area contributed by atoms with Gasteiger partial charge in [-0.1, -0.05) is 13.8 Å². The minimum absolute atomic E-state index is 0.342. The summed E-state index contributed by atoms with van der Waals surface area (Å²) in [6.07, 6.45) is 3.87. The number of nitrogens with zero attached hydrogens (tertiary/aromatic N) is 4. The van der Waals surface area contributed by atoms with E-state index < -0.39 is 0 Å². The Labute approximate surface area is 90.8 Å². The van der Waals surface area contributed by atoms with Gasteiger partial charge in [0.05, 0.1) is 12.6 Å². The van der Waals surface area contributed by atoms with Gasteiger partial charge >= 0.3 is 0 Å². The van der Waals surface area contributed by atoms with Gasteiger partial charge in [0.1, 0.15) is 0 Å². The number of aryl methyl sites for hydroxylation is 1. The van der Waals surface area contributed by atoms with Crippen LogP contribution in [-0.2, 0) is 11.3 Å². The van der Waals surface area contributed by atoms with Gasteiger partial charge in [-0.05, 0) is 30.9 Å². The summed E-state index contributed by atoms with van der Waals surface area (Å²) < 4.78 is 5.66. The maximum absolute atomic E-state index is 5.66. The molecule has 15 heavy (non-hydrogen) atoms. The molecule has 1 atom stereocenters. The van der Waals surface area contributed by atoms with E-state index >= 15 is 0 Å². The molecular weight excluding hydrogens is 192 g/mol. The van der Waals surface area contributed by atoms with Crippen molar-refractivity contribution >= 4 is 0 Å². The van der Waals surface area contributed by atoms with Gasteiger partial charge in [0.25, 0.3) is 0 Å². The Balaban J connectivity index is 1.98. The third-order valence-electron chi connectivity index (χ3n) is 2.46. The summed E-state index contributed by atoms with van der Waals surface area (Å²) in [5.74, 6) is 0.585. The molecule has 1 rings (SSSR count). The largest absolute Gasteiger partial charge is 0.378 e. The summed E-state index contributed by atoms with van der Waals surface area (Å²) in [5.41, 5.74) is 0. The van der Waals surface area contributed by atoms with Crippen LogP contribution in [0.25, 0.3) is 0 Å². The topological polar surface area (TPSA) is 52.8 Å². The molecule has 0 bridgehead atoms. The van der Waals surface area contributed by atoms with Crippen molar-refractivity contribution in [2.75, 3.05) is 6.61 Å². The maximum atomic E-state index is 5.66. The summed E-state index contributed by atoms with van der Waals surface area (Å²) in [5, 5.41) is 11.4. The molecule has 0 saturated heterocycles. The summed E-state index contributed by atoms with van der Waals surface area (Å²) in [4.78, 5) is 1.60. The molecule has 5 heteroatoms. The fourth-order valence-electron chi connectivity index (χ4n) is 1.11. The zero-order valence-electron chi connectivity index (χ0n) is 9.76. The Morgan fingerprint density at radius 3 is 2.67 bits per heavy atom. The molecule has 1 aromatic heterocycles. The molecular formula is C10H20N4O. The van der Waals surface area contributed by atoms with Crippen LogP contribution in [0, 0.1) is 5.92 Å². The van der Waals surface area contributed by atoms with Crippen LogP contribution in [0.2, 0.25) is 0 Å². The maximum Gasteiger partial charge on any atom is 0.162 e. The molecule has 0 amide bonds. The second-order valence-corrected chi connectivity index (χ2v) is 4.06. The number of hydrogen-bond acceptors (Lipinski definition) is 4. The smallest absolute Gasteiger partial charge is 0.162 e.